The molecule has 2 fully saturated rings. The summed E-state index contributed by atoms with van der Waals surface area (Å²) < 4.78 is 28.0. The molecule has 0 unspecified atom stereocenters. The van der Waals surface area contributed by atoms with Crippen molar-refractivity contribution >= 4 is 28.2 Å². The van der Waals surface area contributed by atoms with Gasteiger partial charge in [-0.3, -0.25) is 4.79 Å². The molecule has 0 aromatic rings. The number of rotatable bonds is 1. The minimum Gasteiger partial charge on any atom is -0.375 e. The zero-order valence-electron chi connectivity index (χ0n) is 10.3. The molecule has 2 rings (SSSR count). The van der Waals surface area contributed by atoms with Crippen molar-refractivity contribution in [2.45, 2.75) is 19.1 Å². The lowest BCUT2D eigenvalue weighted by molar-refractivity contribution is -0.139. The molecule has 0 aromatic carbocycles. The van der Waals surface area contributed by atoms with E-state index in [1.807, 2.05) is 6.92 Å². The summed E-state index contributed by atoms with van der Waals surface area (Å²) in [5.41, 5.74) is 0. The van der Waals surface area contributed by atoms with Crippen LogP contribution in [0, 0.1) is 0 Å². The summed E-state index contributed by atoms with van der Waals surface area (Å²) in [4.78, 5) is 13.8. The first-order valence-corrected chi connectivity index (χ1v) is 7.66. The van der Waals surface area contributed by atoms with Crippen LogP contribution in [0.4, 0.5) is 0 Å². The summed E-state index contributed by atoms with van der Waals surface area (Å²) >= 11 is 0. The van der Waals surface area contributed by atoms with E-state index in [-0.39, 0.29) is 42.0 Å². The number of nitrogens with one attached hydrogen (secondary N) is 1. The molecule has 18 heavy (non-hydrogen) atoms. The van der Waals surface area contributed by atoms with Gasteiger partial charge in [0, 0.05) is 19.6 Å². The van der Waals surface area contributed by atoms with Crippen molar-refractivity contribution in [1.29, 1.82) is 0 Å². The van der Waals surface area contributed by atoms with Gasteiger partial charge in [0.25, 0.3) is 0 Å². The molecule has 2 aliphatic rings. The fourth-order valence-electron chi connectivity index (χ4n) is 2.14. The second-order valence-electron chi connectivity index (χ2n) is 4.48. The summed E-state index contributed by atoms with van der Waals surface area (Å²) in [5, 5.41) is 3.12. The summed E-state index contributed by atoms with van der Waals surface area (Å²) in [5.74, 6) is 0.0913. The molecule has 0 aliphatic carbocycles. The van der Waals surface area contributed by atoms with Gasteiger partial charge in [-0.25, -0.2) is 8.42 Å². The number of nitrogens with zero attached hydrogens (tertiary/aromatic N) is 1. The molecule has 6 nitrogen and oxygen atoms in total. The van der Waals surface area contributed by atoms with Crippen molar-refractivity contribution in [2.75, 3.05) is 37.7 Å². The van der Waals surface area contributed by atoms with Crippen LogP contribution in [0.15, 0.2) is 0 Å². The molecule has 1 amide bonds. The first-order valence-electron chi connectivity index (χ1n) is 5.84. The SMILES string of the molecule is C[C@H]1OCCN[C@@H]1C(=O)N1CCS(=O)(=O)CC1.Cl. The number of amides is 1. The third-order valence-corrected chi connectivity index (χ3v) is 4.85. The summed E-state index contributed by atoms with van der Waals surface area (Å²) in [7, 11) is -2.94. The van der Waals surface area contributed by atoms with E-state index in [0.29, 0.717) is 26.2 Å². The van der Waals surface area contributed by atoms with Crippen LogP contribution in [0.1, 0.15) is 6.92 Å². The summed E-state index contributed by atoms with van der Waals surface area (Å²) in [6, 6.07) is -0.343. The van der Waals surface area contributed by atoms with Crippen LogP contribution in [0.25, 0.3) is 0 Å². The van der Waals surface area contributed by atoms with Gasteiger partial charge >= 0.3 is 0 Å². The van der Waals surface area contributed by atoms with E-state index in [4.69, 9.17) is 4.74 Å². The highest BCUT2D eigenvalue weighted by atomic mass is 35.5. The maximum atomic E-state index is 12.2. The number of ether oxygens (including phenoxy) is 1. The molecular formula is C10H19ClN2O4S. The second kappa shape index (κ2) is 6.18. The molecule has 0 bridgehead atoms. The van der Waals surface area contributed by atoms with Crippen molar-refractivity contribution in [1.82, 2.24) is 10.2 Å². The third kappa shape index (κ3) is 3.57. The van der Waals surface area contributed by atoms with Gasteiger partial charge in [0.2, 0.25) is 5.91 Å². The summed E-state index contributed by atoms with van der Waals surface area (Å²) in [6.07, 6.45) is -0.158. The Morgan fingerprint density at radius 3 is 2.50 bits per heavy atom. The van der Waals surface area contributed by atoms with Crippen LogP contribution in [-0.4, -0.2) is 69.1 Å². The molecule has 2 aliphatic heterocycles. The number of halogens is 1. The van der Waals surface area contributed by atoms with Gasteiger partial charge < -0.3 is 15.0 Å². The second-order valence-corrected chi connectivity index (χ2v) is 6.79. The van der Waals surface area contributed by atoms with Crippen molar-refractivity contribution in [3.8, 4) is 0 Å². The first kappa shape index (κ1) is 15.7. The monoisotopic (exact) mass is 298 g/mol. The van der Waals surface area contributed by atoms with E-state index in [2.05, 4.69) is 5.32 Å². The van der Waals surface area contributed by atoms with Crippen molar-refractivity contribution in [3.63, 3.8) is 0 Å². The number of sulfone groups is 1. The predicted octanol–water partition coefficient (Wildman–Crippen LogP) is -0.958. The molecule has 2 heterocycles. The Kier molecular flexibility index (Phi) is 5.39. The number of hydrogen-bond donors (Lipinski definition) is 1. The van der Waals surface area contributed by atoms with Gasteiger partial charge in [-0.05, 0) is 6.92 Å². The Morgan fingerprint density at radius 1 is 1.33 bits per heavy atom. The Balaban J connectivity index is 0.00000162. The van der Waals surface area contributed by atoms with Crippen LogP contribution in [0.5, 0.6) is 0 Å². The maximum absolute atomic E-state index is 12.2. The molecule has 8 heteroatoms. The van der Waals surface area contributed by atoms with E-state index in [1.165, 1.54) is 0 Å². The normalized spacial score (nSPS) is 31.5. The highest BCUT2D eigenvalue weighted by Gasteiger charge is 2.34. The topological polar surface area (TPSA) is 75.7 Å². The van der Waals surface area contributed by atoms with Gasteiger partial charge in [-0.2, -0.15) is 0 Å². The molecule has 0 aromatic heterocycles. The molecule has 0 spiro atoms. The number of carbonyl (C=O) groups is 1. The van der Waals surface area contributed by atoms with Gasteiger partial charge in [0.1, 0.15) is 6.04 Å². The number of morpholine rings is 1. The molecule has 2 atom stereocenters. The number of hydrogen-bond acceptors (Lipinski definition) is 5. The standard InChI is InChI=1S/C10H18N2O4S.ClH/c1-8-9(11-2-5-16-8)10(13)12-3-6-17(14,15)7-4-12;/h8-9,11H,2-7H2,1H3;1H/t8-,9+;/m1./s1. The molecule has 0 radical (unpaired) electrons. The van der Waals surface area contributed by atoms with Crippen molar-refractivity contribution in [2.24, 2.45) is 0 Å². The zero-order chi connectivity index (χ0) is 12.5. The Labute approximate surface area is 113 Å². The molecule has 1 N–H and O–H groups in total. The van der Waals surface area contributed by atoms with Gasteiger partial charge in [-0.15, -0.1) is 12.4 Å². The van der Waals surface area contributed by atoms with Crippen LogP contribution >= 0.6 is 12.4 Å². The Hall–Kier alpha value is -0.370. The van der Waals surface area contributed by atoms with Crippen molar-refractivity contribution in [3.05, 3.63) is 0 Å². The van der Waals surface area contributed by atoms with E-state index >= 15 is 0 Å². The minimum atomic E-state index is -2.94. The average molecular weight is 299 g/mol. The molecule has 2 saturated heterocycles. The van der Waals surface area contributed by atoms with Gasteiger partial charge in [0.05, 0.1) is 24.2 Å². The highest BCUT2D eigenvalue weighted by molar-refractivity contribution is 7.91. The van der Waals surface area contributed by atoms with Crippen LogP contribution in [-0.2, 0) is 19.4 Å². The fraction of sp³-hybridized carbons (Fsp3) is 0.900. The average Bonchev–Trinajstić information content (AvgIpc) is 2.29. The Morgan fingerprint density at radius 2 is 1.94 bits per heavy atom. The number of carbonyl (C=O) groups excluding carboxylic acids is 1. The fourth-order valence-corrected chi connectivity index (χ4v) is 3.34. The van der Waals surface area contributed by atoms with E-state index in [9.17, 15) is 13.2 Å². The maximum Gasteiger partial charge on any atom is 0.242 e. The quantitative estimate of drug-likeness (QED) is 0.675. The van der Waals surface area contributed by atoms with Crippen LogP contribution in [0.3, 0.4) is 0 Å². The summed E-state index contributed by atoms with van der Waals surface area (Å²) in [6.45, 7) is 3.72. The first-order chi connectivity index (χ1) is 7.99. The van der Waals surface area contributed by atoms with Crippen LogP contribution < -0.4 is 5.32 Å². The van der Waals surface area contributed by atoms with E-state index in [1.54, 1.807) is 4.90 Å². The minimum absolute atomic E-state index is 0. The zero-order valence-corrected chi connectivity index (χ0v) is 11.9. The molecule has 0 saturated carbocycles. The van der Waals surface area contributed by atoms with E-state index in [0.717, 1.165) is 0 Å². The lowest BCUT2D eigenvalue weighted by Gasteiger charge is -2.35. The van der Waals surface area contributed by atoms with E-state index < -0.39 is 9.84 Å². The van der Waals surface area contributed by atoms with Crippen LogP contribution in [0.2, 0.25) is 0 Å². The van der Waals surface area contributed by atoms with Gasteiger partial charge in [-0.1, -0.05) is 0 Å². The third-order valence-electron chi connectivity index (χ3n) is 3.24. The van der Waals surface area contributed by atoms with Crippen molar-refractivity contribution < 1.29 is 17.9 Å². The predicted molar refractivity (Wildman–Crippen MR) is 69.7 cm³/mol. The molecular weight excluding hydrogens is 280 g/mol. The highest BCUT2D eigenvalue weighted by Crippen LogP contribution is 2.11. The Bertz CT molecular complexity index is 387. The van der Waals surface area contributed by atoms with Gasteiger partial charge in [0.15, 0.2) is 9.84 Å². The lowest BCUT2D eigenvalue weighted by Crippen LogP contribution is -2.58. The smallest absolute Gasteiger partial charge is 0.242 e. The lowest BCUT2D eigenvalue weighted by atomic mass is 10.1. The molecule has 106 valence electrons. The largest absolute Gasteiger partial charge is 0.375 e.